The molecule has 2 aromatic carbocycles. The molecule has 1 aliphatic heterocycles. The average molecular weight is 389 g/mol. The minimum absolute atomic E-state index is 0.0233. The fraction of sp³-hybridized carbons (Fsp3) is 0.263. The van der Waals surface area contributed by atoms with Gasteiger partial charge in [0.15, 0.2) is 0 Å². The summed E-state index contributed by atoms with van der Waals surface area (Å²) >= 11 is 5.88. The number of cyclic esters (lactones) is 1. The molecule has 3 rings (SSSR count). The van der Waals surface area contributed by atoms with E-state index in [0.29, 0.717) is 18.0 Å². The summed E-state index contributed by atoms with van der Waals surface area (Å²) in [5, 5.41) is 14.0. The summed E-state index contributed by atoms with van der Waals surface area (Å²) in [6, 6.07) is 13.0. The van der Waals surface area contributed by atoms with E-state index in [1.165, 1.54) is 12.1 Å². The van der Waals surface area contributed by atoms with Crippen LogP contribution >= 0.6 is 11.6 Å². The molecular formula is C19H17ClN2O5. The van der Waals surface area contributed by atoms with Crippen LogP contribution in [-0.4, -0.2) is 23.3 Å². The molecule has 1 fully saturated rings. The molecular weight excluding hydrogens is 372 g/mol. The van der Waals surface area contributed by atoms with Crippen molar-refractivity contribution in [3.63, 3.8) is 0 Å². The predicted molar refractivity (Wildman–Crippen MR) is 98.2 cm³/mol. The van der Waals surface area contributed by atoms with E-state index >= 15 is 0 Å². The molecule has 0 aromatic heterocycles. The van der Waals surface area contributed by atoms with Crippen molar-refractivity contribution in [3.8, 4) is 0 Å². The highest BCUT2D eigenvalue weighted by molar-refractivity contribution is 6.30. The summed E-state index contributed by atoms with van der Waals surface area (Å²) in [6.07, 6.45) is -0.0813. The Morgan fingerprint density at radius 1 is 1.19 bits per heavy atom. The monoisotopic (exact) mass is 388 g/mol. The highest BCUT2D eigenvalue weighted by Gasteiger charge is 2.40. The van der Waals surface area contributed by atoms with Gasteiger partial charge in [0.1, 0.15) is 6.10 Å². The highest BCUT2D eigenvalue weighted by atomic mass is 35.5. The number of nitro benzene ring substituents is 1. The van der Waals surface area contributed by atoms with E-state index in [9.17, 15) is 19.7 Å². The number of benzene rings is 2. The van der Waals surface area contributed by atoms with Crippen LogP contribution in [0.5, 0.6) is 0 Å². The van der Waals surface area contributed by atoms with Crippen molar-refractivity contribution in [2.75, 3.05) is 6.54 Å². The van der Waals surface area contributed by atoms with Gasteiger partial charge >= 0.3 is 5.97 Å². The fourth-order valence-corrected chi connectivity index (χ4v) is 3.11. The van der Waals surface area contributed by atoms with E-state index in [1.807, 2.05) is 0 Å². The van der Waals surface area contributed by atoms with Gasteiger partial charge in [-0.1, -0.05) is 35.9 Å². The van der Waals surface area contributed by atoms with Crippen LogP contribution in [0.15, 0.2) is 48.5 Å². The van der Waals surface area contributed by atoms with Crippen molar-refractivity contribution in [1.29, 1.82) is 0 Å². The first kappa shape index (κ1) is 18.8. The number of carbonyl (C=O) groups excluding carboxylic acids is 2. The third-order valence-electron chi connectivity index (χ3n) is 4.41. The van der Waals surface area contributed by atoms with Gasteiger partial charge in [0.05, 0.1) is 17.3 Å². The summed E-state index contributed by atoms with van der Waals surface area (Å²) in [4.78, 5) is 34.4. The fourth-order valence-electron chi connectivity index (χ4n) is 2.99. The minimum Gasteiger partial charge on any atom is -0.457 e. The van der Waals surface area contributed by atoms with Gasteiger partial charge in [-0.25, -0.2) is 0 Å². The second-order valence-electron chi connectivity index (χ2n) is 6.24. The van der Waals surface area contributed by atoms with Gasteiger partial charge in [-0.15, -0.1) is 0 Å². The van der Waals surface area contributed by atoms with Gasteiger partial charge in [0, 0.05) is 23.7 Å². The molecule has 0 aliphatic carbocycles. The summed E-state index contributed by atoms with van der Waals surface area (Å²) in [5.74, 6) is -1.27. The minimum atomic E-state index is -0.630. The van der Waals surface area contributed by atoms with Gasteiger partial charge in [0.2, 0.25) is 5.91 Å². The van der Waals surface area contributed by atoms with E-state index in [1.54, 1.807) is 36.4 Å². The first-order valence-corrected chi connectivity index (χ1v) is 8.78. The van der Waals surface area contributed by atoms with E-state index < -0.39 is 22.9 Å². The Kier molecular flexibility index (Phi) is 5.71. The lowest BCUT2D eigenvalue weighted by molar-refractivity contribution is -0.384. The van der Waals surface area contributed by atoms with Gasteiger partial charge in [-0.2, -0.15) is 0 Å². The van der Waals surface area contributed by atoms with Crippen LogP contribution in [0.1, 0.15) is 23.7 Å². The van der Waals surface area contributed by atoms with E-state index in [4.69, 9.17) is 16.3 Å². The lowest BCUT2D eigenvalue weighted by atomic mass is 9.94. The molecule has 1 amide bonds. The Balaban J connectivity index is 1.58. The normalized spacial score (nSPS) is 18.8. The second-order valence-corrected chi connectivity index (χ2v) is 6.67. The van der Waals surface area contributed by atoms with Gasteiger partial charge in [-0.3, -0.25) is 19.7 Å². The molecule has 1 N–H and O–H groups in total. The van der Waals surface area contributed by atoms with Crippen LogP contribution in [0.3, 0.4) is 0 Å². The Bertz CT molecular complexity index is 851. The number of hydrogen-bond donors (Lipinski definition) is 1. The number of non-ortho nitro benzene ring substituents is 1. The number of nitrogens with one attached hydrogen (secondary N) is 1. The maximum atomic E-state index is 12.5. The topological polar surface area (TPSA) is 98.5 Å². The van der Waals surface area contributed by atoms with Crippen LogP contribution in [0.2, 0.25) is 5.02 Å². The summed E-state index contributed by atoms with van der Waals surface area (Å²) < 4.78 is 5.31. The zero-order valence-electron chi connectivity index (χ0n) is 14.3. The van der Waals surface area contributed by atoms with Crippen molar-refractivity contribution in [3.05, 3.63) is 74.8 Å². The van der Waals surface area contributed by atoms with Crippen LogP contribution in [0.4, 0.5) is 5.69 Å². The number of halogens is 1. The van der Waals surface area contributed by atoms with Crippen LogP contribution < -0.4 is 5.32 Å². The number of nitrogens with zero attached hydrogens (tertiary/aromatic N) is 1. The van der Waals surface area contributed by atoms with Gasteiger partial charge < -0.3 is 10.1 Å². The zero-order valence-corrected chi connectivity index (χ0v) is 15.0. The molecule has 0 saturated carbocycles. The molecule has 1 heterocycles. The number of carbonyl (C=O) groups is 2. The van der Waals surface area contributed by atoms with E-state index in [0.717, 1.165) is 11.1 Å². The largest absolute Gasteiger partial charge is 0.457 e. The Hall–Kier alpha value is -2.93. The number of ether oxygens (including phenoxy) is 1. The van der Waals surface area contributed by atoms with Crippen molar-refractivity contribution >= 4 is 29.2 Å². The number of nitro groups is 1. The number of rotatable bonds is 6. The van der Waals surface area contributed by atoms with Gasteiger partial charge in [-0.05, 0) is 29.7 Å². The summed E-state index contributed by atoms with van der Waals surface area (Å²) in [6.45, 7) is 0.356. The molecule has 27 heavy (non-hydrogen) atoms. The van der Waals surface area contributed by atoms with Crippen molar-refractivity contribution < 1.29 is 19.2 Å². The Labute approximate surface area is 160 Å². The molecule has 0 bridgehead atoms. The van der Waals surface area contributed by atoms with E-state index in [2.05, 4.69) is 5.32 Å². The standard InChI is InChI=1S/C19H17ClN2O5/c20-14-5-3-13(4-6-14)18-16(11-17(23)27-18)19(24)21-10-9-12-1-7-15(8-2-12)22(25)26/h1-8,16,18H,9-11H2,(H,21,24)/t16-,18+/m0/s1. The second kappa shape index (κ2) is 8.18. The molecule has 0 unspecified atom stereocenters. The van der Waals surface area contributed by atoms with Gasteiger partial charge in [0.25, 0.3) is 5.69 Å². The maximum absolute atomic E-state index is 12.5. The molecule has 7 nitrogen and oxygen atoms in total. The maximum Gasteiger partial charge on any atom is 0.307 e. The quantitative estimate of drug-likeness (QED) is 0.465. The third-order valence-corrected chi connectivity index (χ3v) is 4.66. The highest BCUT2D eigenvalue weighted by Crippen LogP contribution is 2.35. The Morgan fingerprint density at radius 3 is 2.48 bits per heavy atom. The lowest BCUT2D eigenvalue weighted by Gasteiger charge is -2.17. The molecule has 2 aromatic rings. The summed E-state index contributed by atoms with van der Waals surface area (Å²) in [7, 11) is 0. The molecule has 1 saturated heterocycles. The van der Waals surface area contributed by atoms with Crippen molar-refractivity contribution in [2.45, 2.75) is 18.9 Å². The number of hydrogen-bond acceptors (Lipinski definition) is 5. The Morgan fingerprint density at radius 2 is 1.85 bits per heavy atom. The molecule has 1 aliphatic rings. The SMILES string of the molecule is O=C1C[C@H](C(=O)NCCc2ccc([N+](=O)[O-])cc2)[C@@H](c2ccc(Cl)cc2)O1. The lowest BCUT2D eigenvalue weighted by Crippen LogP contribution is -2.33. The van der Waals surface area contributed by atoms with Crippen LogP contribution in [0.25, 0.3) is 0 Å². The molecule has 0 spiro atoms. The van der Waals surface area contributed by atoms with Crippen LogP contribution in [0, 0.1) is 16.0 Å². The first-order valence-electron chi connectivity index (χ1n) is 8.40. The molecule has 2 atom stereocenters. The predicted octanol–water partition coefficient (Wildman–Crippen LogP) is 3.21. The third kappa shape index (κ3) is 4.62. The number of amides is 1. The smallest absolute Gasteiger partial charge is 0.307 e. The summed E-state index contributed by atoms with van der Waals surface area (Å²) in [5.41, 5.74) is 1.62. The zero-order chi connectivity index (χ0) is 19.4. The van der Waals surface area contributed by atoms with Crippen LogP contribution in [-0.2, 0) is 20.7 Å². The van der Waals surface area contributed by atoms with E-state index in [-0.39, 0.29) is 18.0 Å². The molecule has 140 valence electrons. The van der Waals surface area contributed by atoms with Crippen molar-refractivity contribution in [2.24, 2.45) is 5.92 Å². The molecule has 8 heteroatoms. The number of esters is 1. The molecule has 0 radical (unpaired) electrons. The first-order chi connectivity index (χ1) is 12.9. The van der Waals surface area contributed by atoms with Crippen molar-refractivity contribution in [1.82, 2.24) is 5.32 Å². The average Bonchev–Trinajstić information content (AvgIpc) is 3.04.